The van der Waals surface area contributed by atoms with Gasteiger partial charge in [0, 0.05) is 31.4 Å². The van der Waals surface area contributed by atoms with E-state index in [4.69, 9.17) is 0 Å². The van der Waals surface area contributed by atoms with Crippen LogP contribution in [0.15, 0.2) is 35.3 Å². The third-order valence-electron chi connectivity index (χ3n) is 3.66. The molecule has 1 heterocycles. The summed E-state index contributed by atoms with van der Waals surface area (Å²) < 4.78 is 36.7. The monoisotopic (exact) mass is 328 g/mol. The highest BCUT2D eigenvalue weighted by molar-refractivity contribution is 5.80. The van der Waals surface area contributed by atoms with Gasteiger partial charge in [-0.05, 0) is 25.5 Å². The lowest BCUT2D eigenvalue weighted by atomic mass is 10.3. The van der Waals surface area contributed by atoms with Crippen molar-refractivity contribution in [1.29, 1.82) is 0 Å². The van der Waals surface area contributed by atoms with Gasteiger partial charge in [0.15, 0.2) is 5.96 Å². The van der Waals surface area contributed by atoms with Crippen LogP contribution >= 0.6 is 0 Å². The lowest BCUT2D eigenvalue weighted by molar-refractivity contribution is -0.132. The van der Waals surface area contributed by atoms with E-state index in [9.17, 15) is 13.2 Å². The number of nitrogens with one attached hydrogen (secondary N) is 2. The molecule has 0 radical (unpaired) electrons. The maximum atomic E-state index is 12.2. The Bertz CT molecular complexity index is 502. The summed E-state index contributed by atoms with van der Waals surface area (Å²) in [5, 5.41) is 6.24. The van der Waals surface area contributed by atoms with Gasteiger partial charge in [-0.3, -0.25) is 4.99 Å². The standard InChI is InChI=1S/C16H23F3N4/c1-2-20-15(21-10-9-16(17,18)19)22-13-8-11-23(12-13)14-6-4-3-5-7-14/h3-7,13H,2,8-12H2,1H3,(H2,20,21,22). The van der Waals surface area contributed by atoms with Gasteiger partial charge in [0.05, 0.1) is 13.0 Å². The summed E-state index contributed by atoms with van der Waals surface area (Å²) in [5.41, 5.74) is 1.16. The number of halogens is 3. The van der Waals surface area contributed by atoms with E-state index in [0.29, 0.717) is 12.5 Å². The van der Waals surface area contributed by atoms with Crippen LogP contribution in [-0.2, 0) is 0 Å². The molecule has 7 heteroatoms. The maximum absolute atomic E-state index is 12.2. The number of benzene rings is 1. The first-order chi connectivity index (χ1) is 11.0. The number of anilines is 1. The van der Waals surface area contributed by atoms with Crippen molar-refractivity contribution in [2.24, 2.45) is 4.99 Å². The third kappa shape index (κ3) is 6.00. The Labute approximate surface area is 134 Å². The third-order valence-corrected chi connectivity index (χ3v) is 3.66. The van der Waals surface area contributed by atoms with Crippen LogP contribution < -0.4 is 15.5 Å². The normalized spacial score (nSPS) is 19.0. The first-order valence-electron chi connectivity index (χ1n) is 7.89. The molecule has 0 bridgehead atoms. The average molecular weight is 328 g/mol. The smallest absolute Gasteiger partial charge is 0.369 e. The molecule has 2 rings (SSSR count). The fraction of sp³-hybridized carbons (Fsp3) is 0.562. The number of hydrogen-bond donors (Lipinski definition) is 2. The summed E-state index contributed by atoms with van der Waals surface area (Å²) in [6.07, 6.45) is -4.14. The molecule has 4 nitrogen and oxygen atoms in total. The predicted molar refractivity (Wildman–Crippen MR) is 86.8 cm³/mol. The van der Waals surface area contributed by atoms with Crippen molar-refractivity contribution in [3.05, 3.63) is 30.3 Å². The van der Waals surface area contributed by atoms with E-state index < -0.39 is 12.6 Å². The summed E-state index contributed by atoms with van der Waals surface area (Å²) in [6.45, 7) is 3.99. The second-order valence-corrected chi connectivity index (χ2v) is 5.54. The van der Waals surface area contributed by atoms with Crippen molar-refractivity contribution in [3.8, 4) is 0 Å². The molecule has 1 saturated heterocycles. The van der Waals surface area contributed by atoms with Gasteiger partial charge in [-0.15, -0.1) is 0 Å². The molecule has 1 aromatic rings. The van der Waals surface area contributed by atoms with Crippen LogP contribution in [0, 0.1) is 0 Å². The van der Waals surface area contributed by atoms with Gasteiger partial charge in [-0.2, -0.15) is 13.2 Å². The predicted octanol–water partition coefficient (Wildman–Crippen LogP) is 2.77. The van der Waals surface area contributed by atoms with Crippen molar-refractivity contribution in [3.63, 3.8) is 0 Å². The van der Waals surface area contributed by atoms with E-state index in [1.165, 1.54) is 0 Å². The van der Waals surface area contributed by atoms with E-state index in [-0.39, 0.29) is 12.6 Å². The van der Waals surface area contributed by atoms with Crippen molar-refractivity contribution < 1.29 is 13.2 Å². The number of hydrogen-bond acceptors (Lipinski definition) is 2. The number of nitrogens with zero attached hydrogens (tertiary/aromatic N) is 2. The first kappa shape index (κ1) is 17.4. The molecule has 128 valence electrons. The summed E-state index contributed by atoms with van der Waals surface area (Å²) in [5.74, 6) is 0.455. The number of rotatable bonds is 5. The zero-order valence-corrected chi connectivity index (χ0v) is 13.2. The van der Waals surface area contributed by atoms with E-state index in [0.717, 1.165) is 25.2 Å². The lowest BCUT2D eigenvalue weighted by Crippen LogP contribution is -2.44. The molecule has 2 N–H and O–H groups in total. The number of guanidine groups is 1. The van der Waals surface area contributed by atoms with Gasteiger partial charge in [-0.1, -0.05) is 18.2 Å². The minimum Gasteiger partial charge on any atom is -0.369 e. The van der Waals surface area contributed by atoms with Crippen molar-refractivity contribution in [2.75, 3.05) is 31.1 Å². The molecule has 0 saturated carbocycles. The minimum atomic E-state index is -4.17. The average Bonchev–Trinajstić information content (AvgIpc) is 2.95. The Morgan fingerprint density at radius 1 is 1.30 bits per heavy atom. The molecule has 1 aliphatic rings. The highest BCUT2D eigenvalue weighted by Crippen LogP contribution is 2.20. The van der Waals surface area contributed by atoms with Gasteiger partial charge in [-0.25, -0.2) is 0 Å². The zero-order chi connectivity index (χ0) is 16.7. The van der Waals surface area contributed by atoms with Gasteiger partial charge < -0.3 is 15.5 Å². The van der Waals surface area contributed by atoms with Gasteiger partial charge >= 0.3 is 6.18 Å². The molecule has 0 aliphatic carbocycles. The van der Waals surface area contributed by atoms with E-state index in [2.05, 4.69) is 32.7 Å². The molecule has 1 aliphatic heterocycles. The fourth-order valence-electron chi connectivity index (χ4n) is 2.56. The number of para-hydroxylation sites is 1. The molecule has 0 spiro atoms. The number of aliphatic imine (C=N–C) groups is 1. The van der Waals surface area contributed by atoms with E-state index in [1.54, 1.807) is 0 Å². The van der Waals surface area contributed by atoms with Crippen LogP contribution in [0.25, 0.3) is 0 Å². The highest BCUT2D eigenvalue weighted by Gasteiger charge is 2.27. The molecule has 1 fully saturated rings. The fourth-order valence-corrected chi connectivity index (χ4v) is 2.56. The van der Waals surface area contributed by atoms with Gasteiger partial charge in [0.1, 0.15) is 0 Å². The molecular weight excluding hydrogens is 305 g/mol. The Morgan fingerprint density at radius 3 is 2.70 bits per heavy atom. The Morgan fingerprint density at radius 2 is 2.04 bits per heavy atom. The Hall–Kier alpha value is -1.92. The van der Waals surface area contributed by atoms with Crippen molar-refractivity contribution >= 4 is 11.6 Å². The van der Waals surface area contributed by atoms with E-state index >= 15 is 0 Å². The minimum absolute atomic E-state index is 0.180. The molecular formula is C16H23F3N4. The number of alkyl halides is 3. The highest BCUT2D eigenvalue weighted by atomic mass is 19.4. The van der Waals surface area contributed by atoms with Crippen LogP contribution in [0.4, 0.5) is 18.9 Å². The second-order valence-electron chi connectivity index (χ2n) is 5.54. The molecule has 0 amide bonds. The molecule has 0 aromatic heterocycles. The van der Waals surface area contributed by atoms with Crippen molar-refractivity contribution in [1.82, 2.24) is 10.6 Å². The second kappa shape index (κ2) is 8.08. The summed E-state index contributed by atoms with van der Waals surface area (Å²) >= 11 is 0. The summed E-state index contributed by atoms with van der Waals surface area (Å²) in [4.78, 5) is 6.28. The zero-order valence-electron chi connectivity index (χ0n) is 13.2. The summed E-state index contributed by atoms with van der Waals surface area (Å²) in [6, 6.07) is 10.3. The van der Waals surface area contributed by atoms with Crippen LogP contribution in [-0.4, -0.2) is 44.4 Å². The Balaban J connectivity index is 1.87. The summed E-state index contributed by atoms with van der Waals surface area (Å²) in [7, 11) is 0. The SMILES string of the molecule is CCNC(=NCCC(F)(F)F)NC1CCN(c2ccccc2)C1. The first-order valence-corrected chi connectivity index (χ1v) is 7.89. The molecule has 1 unspecified atom stereocenters. The van der Waals surface area contributed by atoms with Crippen LogP contribution in [0.2, 0.25) is 0 Å². The molecule has 1 atom stereocenters. The van der Waals surface area contributed by atoms with Gasteiger partial charge in [0.25, 0.3) is 0 Å². The molecule has 1 aromatic carbocycles. The van der Waals surface area contributed by atoms with E-state index in [1.807, 2.05) is 25.1 Å². The molecule has 23 heavy (non-hydrogen) atoms. The quantitative estimate of drug-likeness (QED) is 0.645. The topological polar surface area (TPSA) is 39.7 Å². The Kier molecular flexibility index (Phi) is 6.12. The van der Waals surface area contributed by atoms with Gasteiger partial charge in [0.2, 0.25) is 0 Å². The van der Waals surface area contributed by atoms with Crippen LogP contribution in [0.5, 0.6) is 0 Å². The van der Waals surface area contributed by atoms with Crippen LogP contribution in [0.1, 0.15) is 19.8 Å². The maximum Gasteiger partial charge on any atom is 0.390 e. The van der Waals surface area contributed by atoms with Crippen molar-refractivity contribution in [2.45, 2.75) is 32.0 Å². The van der Waals surface area contributed by atoms with Crippen LogP contribution in [0.3, 0.4) is 0 Å². The lowest BCUT2D eigenvalue weighted by Gasteiger charge is -2.20. The largest absolute Gasteiger partial charge is 0.390 e.